The topological polar surface area (TPSA) is 45.2 Å². The zero-order valence-electron chi connectivity index (χ0n) is 12.8. The van der Waals surface area contributed by atoms with Crippen molar-refractivity contribution in [1.82, 2.24) is 4.98 Å². The maximum Gasteiger partial charge on any atom is 0.274 e. The second-order valence-corrected chi connectivity index (χ2v) is 5.58. The summed E-state index contributed by atoms with van der Waals surface area (Å²) in [6.07, 6.45) is 3.91. The number of nitrogens with zero attached hydrogens (tertiary/aromatic N) is 2. The van der Waals surface area contributed by atoms with E-state index in [1.807, 2.05) is 13.1 Å². The van der Waals surface area contributed by atoms with Crippen molar-refractivity contribution in [2.45, 2.75) is 19.8 Å². The van der Waals surface area contributed by atoms with Crippen LogP contribution in [0.4, 0.5) is 11.4 Å². The van der Waals surface area contributed by atoms with Gasteiger partial charge >= 0.3 is 0 Å². The third kappa shape index (κ3) is 4.46. The number of unbranched alkanes of at least 4 members (excludes halogenated alkanes) is 1. The van der Waals surface area contributed by atoms with Gasteiger partial charge in [-0.05, 0) is 36.8 Å². The summed E-state index contributed by atoms with van der Waals surface area (Å²) >= 11 is 5.92. The molecular weight excluding hydrogens is 298 g/mol. The highest BCUT2D eigenvalue weighted by atomic mass is 35.5. The molecule has 0 aliphatic heterocycles. The number of hydrogen-bond donors (Lipinski definition) is 1. The predicted molar refractivity (Wildman–Crippen MR) is 91.8 cm³/mol. The minimum atomic E-state index is -0.243. The third-order valence-electron chi connectivity index (χ3n) is 3.35. The molecule has 0 spiro atoms. The van der Waals surface area contributed by atoms with Crippen LogP contribution >= 0.6 is 11.6 Å². The fraction of sp³-hybridized carbons (Fsp3) is 0.294. The standard InChI is InChI=1S/C17H20ClN3O/c1-3-4-10-21(2)15-8-9-19-16(12-15)17(22)20-14-7-5-6-13(18)11-14/h5-9,11-12H,3-4,10H2,1-2H3,(H,20,22). The molecule has 2 rings (SSSR count). The molecule has 0 aliphatic rings. The van der Waals surface area contributed by atoms with Gasteiger partial charge in [-0.15, -0.1) is 0 Å². The van der Waals surface area contributed by atoms with Crippen LogP contribution in [0.1, 0.15) is 30.3 Å². The van der Waals surface area contributed by atoms with E-state index in [0.29, 0.717) is 16.4 Å². The van der Waals surface area contributed by atoms with Gasteiger partial charge in [0.05, 0.1) is 0 Å². The largest absolute Gasteiger partial charge is 0.374 e. The fourth-order valence-corrected chi connectivity index (χ4v) is 2.26. The maximum atomic E-state index is 12.3. The van der Waals surface area contributed by atoms with Gasteiger partial charge in [0.1, 0.15) is 5.69 Å². The molecule has 116 valence electrons. The van der Waals surface area contributed by atoms with Crippen molar-refractivity contribution in [1.29, 1.82) is 0 Å². The van der Waals surface area contributed by atoms with Crippen molar-refractivity contribution >= 4 is 28.9 Å². The van der Waals surface area contributed by atoms with E-state index >= 15 is 0 Å². The minimum Gasteiger partial charge on any atom is -0.374 e. The Morgan fingerprint density at radius 2 is 2.14 bits per heavy atom. The molecule has 2 aromatic rings. The molecule has 0 radical (unpaired) electrons. The average molecular weight is 318 g/mol. The Balaban J connectivity index is 2.10. The number of carbonyl (C=O) groups excluding carboxylic acids is 1. The number of pyridine rings is 1. The second-order valence-electron chi connectivity index (χ2n) is 5.14. The molecule has 0 saturated heterocycles. The molecule has 0 fully saturated rings. The van der Waals surface area contributed by atoms with Crippen LogP contribution in [0.2, 0.25) is 5.02 Å². The predicted octanol–water partition coefficient (Wildman–Crippen LogP) is 4.22. The van der Waals surface area contributed by atoms with Gasteiger partial charge < -0.3 is 10.2 Å². The van der Waals surface area contributed by atoms with Gasteiger partial charge in [0.25, 0.3) is 5.91 Å². The fourth-order valence-electron chi connectivity index (χ4n) is 2.07. The molecule has 1 aromatic heterocycles. The van der Waals surface area contributed by atoms with Crippen LogP contribution in [0, 0.1) is 0 Å². The number of hydrogen-bond acceptors (Lipinski definition) is 3. The van der Waals surface area contributed by atoms with Crippen LogP contribution < -0.4 is 10.2 Å². The Hall–Kier alpha value is -2.07. The SMILES string of the molecule is CCCCN(C)c1ccnc(C(=O)Nc2cccc(Cl)c2)c1. The number of aromatic nitrogens is 1. The monoisotopic (exact) mass is 317 g/mol. The van der Waals surface area contributed by atoms with Crippen LogP contribution in [-0.4, -0.2) is 24.5 Å². The third-order valence-corrected chi connectivity index (χ3v) is 3.58. The molecule has 0 atom stereocenters. The lowest BCUT2D eigenvalue weighted by atomic mass is 10.2. The summed E-state index contributed by atoms with van der Waals surface area (Å²) in [6, 6.07) is 10.8. The lowest BCUT2D eigenvalue weighted by Crippen LogP contribution is -2.20. The Morgan fingerprint density at radius 3 is 2.86 bits per heavy atom. The molecule has 0 aliphatic carbocycles. The first kappa shape index (κ1) is 16.3. The average Bonchev–Trinajstić information content (AvgIpc) is 2.52. The molecule has 4 nitrogen and oxygen atoms in total. The summed E-state index contributed by atoms with van der Waals surface area (Å²) in [5.74, 6) is -0.243. The van der Waals surface area contributed by atoms with Crippen LogP contribution in [0.5, 0.6) is 0 Å². The van der Waals surface area contributed by atoms with Crippen molar-refractivity contribution in [3.8, 4) is 0 Å². The normalized spacial score (nSPS) is 10.3. The van der Waals surface area contributed by atoms with Gasteiger partial charge in [-0.25, -0.2) is 0 Å². The number of halogens is 1. The van der Waals surface area contributed by atoms with Crippen LogP contribution in [0.3, 0.4) is 0 Å². The van der Waals surface area contributed by atoms with Crippen molar-refractivity contribution in [3.63, 3.8) is 0 Å². The summed E-state index contributed by atoms with van der Waals surface area (Å²) in [6.45, 7) is 3.11. The number of anilines is 2. The molecule has 1 heterocycles. The van der Waals surface area contributed by atoms with Gasteiger partial charge in [-0.1, -0.05) is 31.0 Å². The molecule has 0 saturated carbocycles. The van der Waals surface area contributed by atoms with Gasteiger partial charge in [0.15, 0.2) is 0 Å². The zero-order chi connectivity index (χ0) is 15.9. The van der Waals surface area contributed by atoms with E-state index in [9.17, 15) is 4.79 Å². The Bertz CT molecular complexity index is 645. The lowest BCUT2D eigenvalue weighted by molar-refractivity contribution is 0.102. The Labute approximate surface area is 136 Å². The Kier molecular flexibility index (Phi) is 5.78. The first-order valence-corrected chi connectivity index (χ1v) is 7.72. The van der Waals surface area contributed by atoms with Gasteiger partial charge in [-0.3, -0.25) is 9.78 Å². The van der Waals surface area contributed by atoms with Gasteiger partial charge in [0.2, 0.25) is 0 Å². The van der Waals surface area contributed by atoms with E-state index in [2.05, 4.69) is 22.1 Å². The van der Waals surface area contributed by atoms with E-state index in [1.54, 1.807) is 36.5 Å². The molecule has 22 heavy (non-hydrogen) atoms. The van der Waals surface area contributed by atoms with Crippen LogP contribution in [-0.2, 0) is 0 Å². The van der Waals surface area contributed by atoms with E-state index in [4.69, 9.17) is 11.6 Å². The molecule has 5 heteroatoms. The first-order valence-electron chi connectivity index (χ1n) is 7.34. The van der Waals surface area contributed by atoms with E-state index < -0.39 is 0 Å². The number of amides is 1. The highest BCUT2D eigenvalue weighted by Crippen LogP contribution is 2.17. The minimum absolute atomic E-state index is 0.243. The number of nitrogens with one attached hydrogen (secondary N) is 1. The molecule has 1 N–H and O–H groups in total. The molecule has 0 unspecified atom stereocenters. The lowest BCUT2D eigenvalue weighted by Gasteiger charge is -2.19. The summed E-state index contributed by atoms with van der Waals surface area (Å²) in [7, 11) is 2.02. The van der Waals surface area contributed by atoms with Crippen LogP contribution in [0.25, 0.3) is 0 Å². The van der Waals surface area contributed by atoms with E-state index in [0.717, 1.165) is 25.1 Å². The first-order chi connectivity index (χ1) is 10.6. The summed E-state index contributed by atoms with van der Waals surface area (Å²) in [4.78, 5) is 18.6. The number of benzene rings is 1. The number of rotatable bonds is 6. The summed E-state index contributed by atoms with van der Waals surface area (Å²) < 4.78 is 0. The van der Waals surface area contributed by atoms with Crippen molar-refractivity contribution < 1.29 is 4.79 Å². The highest BCUT2D eigenvalue weighted by molar-refractivity contribution is 6.30. The number of carbonyl (C=O) groups is 1. The molecule has 0 bridgehead atoms. The molecule has 1 amide bonds. The van der Waals surface area contributed by atoms with Gasteiger partial charge in [0, 0.05) is 36.2 Å². The van der Waals surface area contributed by atoms with Crippen molar-refractivity contribution in [3.05, 3.63) is 53.3 Å². The molecule has 1 aromatic carbocycles. The van der Waals surface area contributed by atoms with E-state index in [1.165, 1.54) is 0 Å². The maximum absolute atomic E-state index is 12.3. The quantitative estimate of drug-likeness (QED) is 0.867. The van der Waals surface area contributed by atoms with Gasteiger partial charge in [-0.2, -0.15) is 0 Å². The second kappa shape index (κ2) is 7.80. The van der Waals surface area contributed by atoms with Crippen molar-refractivity contribution in [2.75, 3.05) is 23.8 Å². The van der Waals surface area contributed by atoms with Crippen molar-refractivity contribution in [2.24, 2.45) is 0 Å². The Morgan fingerprint density at radius 1 is 1.32 bits per heavy atom. The highest BCUT2D eigenvalue weighted by Gasteiger charge is 2.10. The zero-order valence-corrected chi connectivity index (χ0v) is 13.6. The summed E-state index contributed by atoms with van der Waals surface area (Å²) in [5, 5.41) is 3.39. The summed E-state index contributed by atoms with van der Waals surface area (Å²) in [5.41, 5.74) is 2.03. The van der Waals surface area contributed by atoms with E-state index in [-0.39, 0.29) is 5.91 Å². The molecular formula is C17H20ClN3O. The smallest absolute Gasteiger partial charge is 0.274 e. The van der Waals surface area contributed by atoms with Crippen LogP contribution in [0.15, 0.2) is 42.6 Å².